The molecule has 0 radical (unpaired) electrons. The molecule has 1 aliphatic heterocycles. The number of ether oxygens (including phenoxy) is 2. The van der Waals surface area contributed by atoms with E-state index in [4.69, 9.17) is 32.7 Å². The van der Waals surface area contributed by atoms with E-state index in [0.717, 1.165) is 5.56 Å². The van der Waals surface area contributed by atoms with Gasteiger partial charge >= 0.3 is 0 Å². The Hall–Kier alpha value is -1.47. The highest BCUT2D eigenvalue weighted by Crippen LogP contribution is 2.33. The first kappa shape index (κ1) is 19.3. The molecule has 2 atom stereocenters. The molecule has 1 aromatic carbocycles. The summed E-state index contributed by atoms with van der Waals surface area (Å²) in [6, 6.07) is 9.18. The summed E-state index contributed by atoms with van der Waals surface area (Å²) in [5, 5.41) is 0.437. The Bertz CT molecular complexity index is 726. The van der Waals surface area contributed by atoms with E-state index < -0.39 is 18.5 Å². The van der Waals surface area contributed by atoms with E-state index >= 15 is 0 Å². The van der Waals surface area contributed by atoms with Crippen LogP contribution in [0.25, 0.3) is 0 Å². The van der Waals surface area contributed by atoms with E-state index in [1.54, 1.807) is 24.1 Å². The highest BCUT2D eigenvalue weighted by molar-refractivity contribution is 6.32. The molecule has 8 heteroatoms. The summed E-state index contributed by atoms with van der Waals surface area (Å²) >= 11 is 12.0. The molecule has 0 unspecified atom stereocenters. The average molecular weight is 403 g/mol. The van der Waals surface area contributed by atoms with Crippen molar-refractivity contribution in [1.82, 2.24) is 9.88 Å². The van der Waals surface area contributed by atoms with Crippen molar-refractivity contribution in [2.75, 3.05) is 20.3 Å². The molecule has 1 aromatic heterocycles. The molecule has 1 saturated heterocycles. The lowest BCUT2D eigenvalue weighted by Crippen LogP contribution is -2.50. The molecule has 0 saturated carbocycles. The van der Waals surface area contributed by atoms with Crippen molar-refractivity contribution in [3.8, 4) is 5.75 Å². The minimum atomic E-state index is -2.54. The van der Waals surface area contributed by atoms with Gasteiger partial charge in [-0.1, -0.05) is 35.3 Å². The predicted molar refractivity (Wildman–Crippen MR) is 96.1 cm³/mol. The zero-order valence-corrected chi connectivity index (χ0v) is 15.6. The molecule has 2 aromatic rings. The predicted octanol–water partition coefficient (Wildman–Crippen LogP) is 4.60. The van der Waals surface area contributed by atoms with Crippen molar-refractivity contribution < 1.29 is 18.3 Å². The molecule has 0 amide bonds. The molecule has 3 rings (SSSR count). The molecular formula is C18H18Cl2F2N2O2. The first-order valence-corrected chi connectivity index (χ1v) is 8.81. The van der Waals surface area contributed by atoms with Gasteiger partial charge in [0.1, 0.15) is 16.1 Å². The molecular weight excluding hydrogens is 385 g/mol. The minimum absolute atomic E-state index is 0.0309. The first-order valence-electron chi connectivity index (χ1n) is 8.05. The SMILES string of the molecule is COc1ccc(CN2[C@H](c3cc(Cl)nc(Cl)c3)COC[C@H]2C(F)F)cc1. The highest BCUT2D eigenvalue weighted by atomic mass is 35.5. The van der Waals surface area contributed by atoms with Crippen LogP contribution in [0.1, 0.15) is 17.2 Å². The maximum absolute atomic E-state index is 13.6. The van der Waals surface area contributed by atoms with Gasteiger partial charge in [0.2, 0.25) is 0 Å². The summed E-state index contributed by atoms with van der Waals surface area (Å²) in [4.78, 5) is 5.65. The van der Waals surface area contributed by atoms with E-state index in [-0.39, 0.29) is 23.5 Å². The number of nitrogens with zero attached hydrogens (tertiary/aromatic N) is 2. The molecule has 0 spiro atoms. The Balaban J connectivity index is 1.92. The van der Waals surface area contributed by atoms with Crippen LogP contribution >= 0.6 is 23.2 Å². The Labute approximate surface area is 160 Å². The van der Waals surface area contributed by atoms with Crippen LogP contribution in [0.4, 0.5) is 8.78 Å². The summed E-state index contributed by atoms with van der Waals surface area (Å²) in [6.07, 6.45) is -2.54. The number of halogens is 4. The fourth-order valence-electron chi connectivity index (χ4n) is 3.07. The van der Waals surface area contributed by atoms with Gasteiger partial charge in [-0.3, -0.25) is 4.90 Å². The lowest BCUT2D eigenvalue weighted by Gasteiger charge is -2.41. The molecule has 140 valence electrons. The molecule has 2 heterocycles. The Morgan fingerprint density at radius 2 is 1.85 bits per heavy atom. The molecule has 26 heavy (non-hydrogen) atoms. The molecule has 0 bridgehead atoms. The van der Waals surface area contributed by atoms with Crippen molar-refractivity contribution in [3.05, 3.63) is 57.8 Å². The van der Waals surface area contributed by atoms with Crippen molar-refractivity contribution in [1.29, 1.82) is 0 Å². The number of hydrogen-bond donors (Lipinski definition) is 0. The second-order valence-corrected chi connectivity index (χ2v) is 6.80. The topological polar surface area (TPSA) is 34.6 Å². The van der Waals surface area contributed by atoms with Gasteiger partial charge in [0.15, 0.2) is 0 Å². The van der Waals surface area contributed by atoms with Gasteiger partial charge in [-0.2, -0.15) is 0 Å². The average Bonchev–Trinajstić information content (AvgIpc) is 2.61. The minimum Gasteiger partial charge on any atom is -0.497 e. The van der Waals surface area contributed by atoms with Crippen molar-refractivity contribution in [3.63, 3.8) is 0 Å². The van der Waals surface area contributed by atoms with Crippen molar-refractivity contribution in [2.24, 2.45) is 0 Å². The molecule has 4 nitrogen and oxygen atoms in total. The monoisotopic (exact) mass is 402 g/mol. The third-order valence-corrected chi connectivity index (χ3v) is 4.76. The number of rotatable bonds is 5. The van der Waals surface area contributed by atoms with Gasteiger partial charge in [0.25, 0.3) is 6.43 Å². The second kappa shape index (κ2) is 8.48. The normalized spacial score (nSPS) is 21.2. The van der Waals surface area contributed by atoms with Crippen LogP contribution in [0, 0.1) is 0 Å². The van der Waals surface area contributed by atoms with Crippen LogP contribution in [0.15, 0.2) is 36.4 Å². The number of benzene rings is 1. The molecule has 1 fully saturated rings. The maximum Gasteiger partial charge on any atom is 0.256 e. The third kappa shape index (κ3) is 4.43. The van der Waals surface area contributed by atoms with Gasteiger partial charge < -0.3 is 9.47 Å². The Morgan fingerprint density at radius 1 is 1.19 bits per heavy atom. The third-order valence-electron chi connectivity index (χ3n) is 4.38. The van der Waals surface area contributed by atoms with E-state index in [1.807, 2.05) is 24.3 Å². The van der Waals surface area contributed by atoms with Gasteiger partial charge in [0.05, 0.1) is 32.4 Å². The smallest absolute Gasteiger partial charge is 0.256 e. The largest absolute Gasteiger partial charge is 0.497 e. The Morgan fingerprint density at radius 3 is 2.42 bits per heavy atom. The zero-order chi connectivity index (χ0) is 18.7. The van der Waals surface area contributed by atoms with Crippen molar-refractivity contribution >= 4 is 23.2 Å². The summed E-state index contributed by atoms with van der Waals surface area (Å²) in [5.41, 5.74) is 1.60. The summed E-state index contributed by atoms with van der Waals surface area (Å²) < 4.78 is 37.9. The Kier molecular flexibility index (Phi) is 6.29. The van der Waals surface area contributed by atoms with E-state index in [0.29, 0.717) is 17.9 Å². The summed E-state index contributed by atoms with van der Waals surface area (Å²) in [7, 11) is 1.58. The van der Waals surface area contributed by atoms with Gasteiger partial charge in [0, 0.05) is 6.54 Å². The lowest BCUT2D eigenvalue weighted by molar-refractivity contribution is -0.106. The van der Waals surface area contributed by atoms with E-state index in [2.05, 4.69) is 4.98 Å². The summed E-state index contributed by atoms with van der Waals surface area (Å²) in [6.45, 7) is 0.581. The van der Waals surface area contributed by atoms with Crippen LogP contribution in [0.3, 0.4) is 0 Å². The van der Waals surface area contributed by atoms with Crippen LogP contribution in [0.2, 0.25) is 10.3 Å². The molecule has 1 aliphatic rings. The fourth-order valence-corrected chi connectivity index (χ4v) is 3.55. The van der Waals surface area contributed by atoms with E-state index in [1.165, 1.54) is 0 Å². The van der Waals surface area contributed by atoms with Gasteiger partial charge in [-0.15, -0.1) is 0 Å². The number of hydrogen-bond acceptors (Lipinski definition) is 4. The molecule has 0 aliphatic carbocycles. The van der Waals surface area contributed by atoms with Crippen LogP contribution in [-0.4, -0.2) is 42.7 Å². The summed E-state index contributed by atoms with van der Waals surface area (Å²) in [5.74, 6) is 0.713. The van der Waals surface area contributed by atoms with E-state index in [9.17, 15) is 8.78 Å². The number of alkyl halides is 2. The maximum atomic E-state index is 13.6. The second-order valence-electron chi connectivity index (χ2n) is 6.02. The standard InChI is InChI=1S/C18H18Cl2F2N2O2/c1-25-13-4-2-11(3-5-13)8-24-14(9-26-10-15(24)18(21)22)12-6-16(19)23-17(20)7-12/h2-7,14-15,18H,8-10H2,1H3/t14-,15-/m0/s1. The fraction of sp³-hybridized carbons (Fsp3) is 0.389. The molecule has 0 N–H and O–H groups in total. The van der Waals surface area contributed by atoms with Crippen molar-refractivity contribution in [2.45, 2.75) is 25.1 Å². The van der Waals surface area contributed by atoms with Gasteiger partial charge in [-0.25, -0.2) is 13.8 Å². The van der Waals surface area contributed by atoms with Gasteiger partial charge in [-0.05, 0) is 35.4 Å². The first-order chi connectivity index (χ1) is 12.5. The number of methoxy groups -OCH3 is 1. The number of aromatic nitrogens is 1. The quantitative estimate of drug-likeness (QED) is 0.684. The van der Waals surface area contributed by atoms with Crippen LogP contribution in [-0.2, 0) is 11.3 Å². The lowest BCUT2D eigenvalue weighted by atomic mass is 10.0. The zero-order valence-electron chi connectivity index (χ0n) is 14.0. The number of morpholine rings is 1. The number of pyridine rings is 1. The van der Waals surface area contributed by atoms with Crippen LogP contribution in [0.5, 0.6) is 5.75 Å². The highest BCUT2D eigenvalue weighted by Gasteiger charge is 2.37. The van der Waals surface area contributed by atoms with Crippen LogP contribution < -0.4 is 4.74 Å².